The molecule has 1 aromatic carbocycles. The maximum atomic E-state index is 12.2. The van der Waals surface area contributed by atoms with E-state index in [1.54, 1.807) is 20.8 Å². The number of hydrogen-bond acceptors (Lipinski definition) is 4. The first-order valence-electron chi connectivity index (χ1n) is 5.75. The minimum absolute atomic E-state index is 0.0613. The highest BCUT2D eigenvalue weighted by molar-refractivity contribution is 7.89. The topological polar surface area (TPSA) is 92.4 Å². The molecule has 0 aliphatic rings. The fourth-order valence-corrected chi connectivity index (χ4v) is 3.21. The summed E-state index contributed by atoms with van der Waals surface area (Å²) in [7, 11) is -3.70. The normalized spacial score (nSPS) is 12.7. The van der Waals surface area contributed by atoms with Crippen molar-refractivity contribution in [3.8, 4) is 0 Å². The van der Waals surface area contributed by atoms with Gasteiger partial charge in [-0.15, -0.1) is 0 Å². The molecule has 0 spiro atoms. The lowest BCUT2D eigenvalue weighted by atomic mass is 9.96. The molecule has 0 saturated heterocycles. The van der Waals surface area contributed by atoms with Crippen molar-refractivity contribution in [2.75, 3.05) is 18.9 Å². The molecule has 4 N–H and O–H groups in total. The molecule has 0 unspecified atom stereocenters. The maximum Gasteiger partial charge on any atom is 0.240 e. The van der Waals surface area contributed by atoms with E-state index >= 15 is 0 Å². The van der Waals surface area contributed by atoms with Crippen LogP contribution in [0, 0.1) is 12.3 Å². The highest BCUT2D eigenvalue weighted by Crippen LogP contribution is 2.26. The van der Waals surface area contributed by atoms with Gasteiger partial charge in [0.15, 0.2) is 0 Å². The number of nitrogen functional groups attached to an aromatic ring is 1. The summed E-state index contributed by atoms with van der Waals surface area (Å²) in [6, 6.07) is 2.87. The largest absolute Gasteiger partial charge is 0.398 e. The summed E-state index contributed by atoms with van der Waals surface area (Å²) in [5.74, 6) is 0. The SMILES string of the molecule is Cc1c(N)cc(Cl)cc1S(=O)(=O)NCC(C)(C)CO. The first kappa shape index (κ1) is 16.2. The van der Waals surface area contributed by atoms with Gasteiger partial charge < -0.3 is 10.8 Å². The van der Waals surface area contributed by atoms with Crippen LogP contribution in [0.25, 0.3) is 0 Å². The summed E-state index contributed by atoms with van der Waals surface area (Å²) in [5, 5.41) is 9.40. The third-order valence-electron chi connectivity index (χ3n) is 2.82. The zero-order chi connectivity index (χ0) is 14.8. The molecule has 19 heavy (non-hydrogen) atoms. The number of rotatable bonds is 5. The summed E-state index contributed by atoms with van der Waals surface area (Å²) < 4.78 is 26.9. The molecule has 0 amide bonds. The Morgan fingerprint density at radius 3 is 2.53 bits per heavy atom. The first-order valence-corrected chi connectivity index (χ1v) is 7.61. The molecule has 0 aromatic heterocycles. The van der Waals surface area contributed by atoms with Crippen LogP contribution in [0.2, 0.25) is 5.02 Å². The predicted molar refractivity (Wildman–Crippen MR) is 76.7 cm³/mol. The van der Waals surface area contributed by atoms with Gasteiger partial charge in [-0.1, -0.05) is 25.4 Å². The van der Waals surface area contributed by atoms with Crippen LogP contribution in [-0.2, 0) is 10.0 Å². The number of aliphatic hydroxyl groups excluding tert-OH is 1. The standard InChI is InChI=1S/C12H19ClN2O3S/c1-8-10(14)4-9(13)5-11(8)19(17,18)15-6-12(2,3)7-16/h4-5,15-16H,6-7,14H2,1-3H3. The number of halogens is 1. The van der Waals surface area contributed by atoms with Crippen molar-refractivity contribution in [2.45, 2.75) is 25.7 Å². The van der Waals surface area contributed by atoms with E-state index in [0.717, 1.165) is 0 Å². The lowest BCUT2D eigenvalue weighted by Gasteiger charge is -2.22. The molecule has 0 fully saturated rings. The molecule has 1 aromatic rings. The summed E-state index contributed by atoms with van der Waals surface area (Å²) in [5.41, 5.74) is 5.96. The van der Waals surface area contributed by atoms with Crippen molar-refractivity contribution in [2.24, 2.45) is 5.41 Å². The molecule has 0 saturated carbocycles. The summed E-state index contributed by atoms with van der Waals surface area (Å²) in [6.45, 7) is 5.14. The highest BCUT2D eigenvalue weighted by atomic mass is 35.5. The van der Waals surface area contributed by atoms with Gasteiger partial charge in [0, 0.05) is 29.3 Å². The van der Waals surface area contributed by atoms with Gasteiger partial charge in [-0.3, -0.25) is 0 Å². The van der Waals surface area contributed by atoms with Crippen LogP contribution in [0.3, 0.4) is 0 Å². The number of sulfonamides is 1. The fourth-order valence-electron chi connectivity index (χ4n) is 1.38. The minimum atomic E-state index is -3.70. The number of aliphatic hydroxyl groups is 1. The lowest BCUT2D eigenvalue weighted by Crippen LogP contribution is -2.36. The van der Waals surface area contributed by atoms with E-state index in [0.29, 0.717) is 11.3 Å². The Labute approximate surface area is 118 Å². The second-order valence-corrected chi connectivity index (χ2v) is 7.44. The lowest BCUT2D eigenvalue weighted by molar-refractivity contribution is 0.163. The Morgan fingerprint density at radius 1 is 1.42 bits per heavy atom. The molecule has 0 atom stereocenters. The monoisotopic (exact) mass is 306 g/mol. The van der Waals surface area contributed by atoms with Crippen molar-refractivity contribution in [3.05, 3.63) is 22.7 Å². The Bertz CT molecular complexity index is 571. The fraction of sp³-hybridized carbons (Fsp3) is 0.500. The van der Waals surface area contributed by atoms with Crippen molar-refractivity contribution in [1.29, 1.82) is 0 Å². The molecule has 5 nitrogen and oxygen atoms in total. The Morgan fingerprint density at radius 2 is 2.00 bits per heavy atom. The molecule has 1 rings (SSSR count). The van der Waals surface area contributed by atoms with E-state index in [4.69, 9.17) is 22.4 Å². The molecule has 0 heterocycles. The van der Waals surface area contributed by atoms with Crippen molar-refractivity contribution < 1.29 is 13.5 Å². The van der Waals surface area contributed by atoms with Crippen molar-refractivity contribution in [1.82, 2.24) is 4.72 Å². The number of anilines is 1. The van der Waals surface area contributed by atoms with Gasteiger partial charge in [-0.2, -0.15) is 0 Å². The van der Waals surface area contributed by atoms with E-state index in [1.807, 2.05) is 0 Å². The smallest absolute Gasteiger partial charge is 0.240 e. The molecule has 0 aliphatic carbocycles. The van der Waals surface area contributed by atoms with E-state index in [-0.39, 0.29) is 23.1 Å². The van der Waals surface area contributed by atoms with Crippen LogP contribution in [0.4, 0.5) is 5.69 Å². The van der Waals surface area contributed by atoms with Crippen LogP contribution in [0.5, 0.6) is 0 Å². The summed E-state index contributed by atoms with van der Waals surface area (Å²) in [6.07, 6.45) is 0. The van der Waals surface area contributed by atoms with Crippen LogP contribution in [0.1, 0.15) is 19.4 Å². The van der Waals surface area contributed by atoms with Gasteiger partial charge in [-0.25, -0.2) is 13.1 Å². The second-order valence-electron chi connectivity index (χ2n) is 5.27. The zero-order valence-electron chi connectivity index (χ0n) is 11.2. The Hall–Kier alpha value is -0.820. The van der Waals surface area contributed by atoms with E-state index < -0.39 is 15.4 Å². The number of nitrogens with one attached hydrogen (secondary N) is 1. The number of benzene rings is 1. The first-order chi connectivity index (χ1) is 8.59. The zero-order valence-corrected chi connectivity index (χ0v) is 12.8. The number of hydrogen-bond donors (Lipinski definition) is 3. The van der Waals surface area contributed by atoms with Crippen molar-refractivity contribution >= 4 is 27.3 Å². The molecule has 7 heteroatoms. The third-order valence-corrected chi connectivity index (χ3v) is 4.57. The third kappa shape index (κ3) is 4.07. The molecular formula is C12H19ClN2O3S. The Kier molecular flexibility index (Phi) is 4.84. The summed E-state index contributed by atoms with van der Waals surface area (Å²) >= 11 is 5.83. The predicted octanol–water partition coefficient (Wildman–Crippen LogP) is 1.53. The molecule has 0 radical (unpaired) electrons. The summed E-state index contributed by atoms with van der Waals surface area (Å²) in [4.78, 5) is 0.0613. The van der Waals surface area contributed by atoms with Crippen molar-refractivity contribution in [3.63, 3.8) is 0 Å². The quantitative estimate of drug-likeness (QED) is 0.719. The van der Waals surface area contributed by atoms with Crippen LogP contribution < -0.4 is 10.5 Å². The average molecular weight is 307 g/mol. The van der Waals surface area contributed by atoms with E-state index in [1.165, 1.54) is 12.1 Å². The maximum absolute atomic E-state index is 12.2. The highest BCUT2D eigenvalue weighted by Gasteiger charge is 2.23. The second kappa shape index (κ2) is 5.66. The average Bonchev–Trinajstić information content (AvgIpc) is 2.31. The van der Waals surface area contributed by atoms with Crippen LogP contribution in [0.15, 0.2) is 17.0 Å². The van der Waals surface area contributed by atoms with Gasteiger partial charge >= 0.3 is 0 Å². The van der Waals surface area contributed by atoms with Crippen LogP contribution in [-0.4, -0.2) is 26.7 Å². The van der Waals surface area contributed by atoms with Gasteiger partial charge in [0.2, 0.25) is 10.0 Å². The molecular weight excluding hydrogens is 288 g/mol. The van der Waals surface area contributed by atoms with Gasteiger partial charge in [0.05, 0.1) is 4.90 Å². The Balaban J connectivity index is 3.08. The minimum Gasteiger partial charge on any atom is -0.398 e. The van der Waals surface area contributed by atoms with Crippen LogP contribution >= 0.6 is 11.6 Å². The molecule has 108 valence electrons. The van der Waals surface area contributed by atoms with E-state index in [9.17, 15) is 8.42 Å². The van der Waals surface area contributed by atoms with Gasteiger partial charge in [0.1, 0.15) is 0 Å². The number of nitrogens with two attached hydrogens (primary N) is 1. The van der Waals surface area contributed by atoms with E-state index in [2.05, 4.69) is 4.72 Å². The molecule has 0 aliphatic heterocycles. The van der Waals surface area contributed by atoms with Gasteiger partial charge in [-0.05, 0) is 24.6 Å². The van der Waals surface area contributed by atoms with Gasteiger partial charge in [0.25, 0.3) is 0 Å². The molecule has 0 bridgehead atoms.